The molecule has 1 N–H and O–H groups in total. The van der Waals surface area contributed by atoms with Crippen LogP contribution in [0, 0.1) is 6.92 Å². The van der Waals surface area contributed by atoms with Crippen LogP contribution in [0.4, 0.5) is 0 Å². The van der Waals surface area contributed by atoms with Crippen molar-refractivity contribution in [1.82, 2.24) is 5.32 Å². The van der Waals surface area contributed by atoms with Gasteiger partial charge in [0.05, 0.1) is 11.6 Å². The maximum absolute atomic E-state index is 5.99. The first kappa shape index (κ1) is 8.85. The lowest BCUT2D eigenvalue weighted by Crippen LogP contribution is -2.28. The SMILES string of the molecule is Cc1coc(C2=CC(Cl)CNC2)c1. The number of nitrogens with one attached hydrogen (secondary N) is 1. The number of hydrogen-bond acceptors (Lipinski definition) is 2. The number of hydrogen-bond donors (Lipinski definition) is 1. The molecule has 0 spiro atoms. The van der Waals surface area contributed by atoms with Gasteiger partial charge in [-0.2, -0.15) is 0 Å². The molecular formula is C10H12ClNO. The van der Waals surface area contributed by atoms with Gasteiger partial charge in [0.15, 0.2) is 0 Å². The van der Waals surface area contributed by atoms with Crippen molar-refractivity contribution in [3.8, 4) is 0 Å². The Morgan fingerprint density at radius 1 is 1.62 bits per heavy atom. The summed E-state index contributed by atoms with van der Waals surface area (Å²) in [4.78, 5) is 0. The van der Waals surface area contributed by atoms with Crippen LogP contribution in [0.15, 0.2) is 22.8 Å². The monoisotopic (exact) mass is 197 g/mol. The van der Waals surface area contributed by atoms with Crippen molar-refractivity contribution in [2.24, 2.45) is 0 Å². The van der Waals surface area contributed by atoms with E-state index in [0.29, 0.717) is 0 Å². The van der Waals surface area contributed by atoms with Gasteiger partial charge in [-0.25, -0.2) is 0 Å². The van der Waals surface area contributed by atoms with Gasteiger partial charge in [-0.3, -0.25) is 0 Å². The molecule has 0 radical (unpaired) electrons. The van der Waals surface area contributed by atoms with Crippen molar-refractivity contribution < 1.29 is 4.42 Å². The van der Waals surface area contributed by atoms with E-state index in [1.54, 1.807) is 6.26 Å². The van der Waals surface area contributed by atoms with E-state index in [0.717, 1.165) is 30.0 Å². The largest absolute Gasteiger partial charge is 0.464 e. The minimum Gasteiger partial charge on any atom is -0.464 e. The molecule has 0 amide bonds. The summed E-state index contributed by atoms with van der Waals surface area (Å²) in [5.41, 5.74) is 2.30. The fourth-order valence-corrected chi connectivity index (χ4v) is 1.71. The van der Waals surface area contributed by atoms with Crippen LogP contribution in [0.3, 0.4) is 0 Å². The molecule has 1 atom stereocenters. The van der Waals surface area contributed by atoms with E-state index in [-0.39, 0.29) is 5.38 Å². The number of aryl methyl sites for hydroxylation is 1. The highest BCUT2D eigenvalue weighted by Gasteiger charge is 2.13. The Hall–Kier alpha value is -0.730. The summed E-state index contributed by atoms with van der Waals surface area (Å²) < 4.78 is 5.39. The van der Waals surface area contributed by atoms with Gasteiger partial charge in [0, 0.05) is 18.7 Å². The molecule has 0 bridgehead atoms. The second-order valence-electron chi connectivity index (χ2n) is 3.33. The standard InChI is InChI=1S/C10H12ClNO/c1-7-2-10(13-6-7)8-3-9(11)5-12-4-8/h2-3,6,9,12H,4-5H2,1H3. The highest BCUT2D eigenvalue weighted by molar-refractivity contribution is 6.22. The summed E-state index contributed by atoms with van der Waals surface area (Å²) >= 11 is 5.99. The van der Waals surface area contributed by atoms with Crippen molar-refractivity contribution in [2.45, 2.75) is 12.3 Å². The third kappa shape index (κ3) is 1.95. The normalized spacial score (nSPS) is 22.9. The van der Waals surface area contributed by atoms with Crippen LogP contribution in [0.5, 0.6) is 0 Å². The van der Waals surface area contributed by atoms with Gasteiger partial charge in [-0.15, -0.1) is 11.6 Å². The fourth-order valence-electron chi connectivity index (χ4n) is 1.45. The Labute approximate surface area is 82.6 Å². The molecule has 1 aliphatic heterocycles. The summed E-state index contributed by atoms with van der Waals surface area (Å²) in [6.45, 7) is 3.70. The molecule has 0 aromatic carbocycles. The van der Waals surface area contributed by atoms with Gasteiger partial charge in [0.2, 0.25) is 0 Å². The van der Waals surface area contributed by atoms with E-state index in [9.17, 15) is 0 Å². The third-order valence-electron chi connectivity index (χ3n) is 2.08. The average molecular weight is 198 g/mol. The lowest BCUT2D eigenvalue weighted by Gasteiger charge is -2.16. The van der Waals surface area contributed by atoms with Gasteiger partial charge in [0.1, 0.15) is 5.76 Å². The number of rotatable bonds is 1. The molecule has 0 saturated heterocycles. The van der Waals surface area contributed by atoms with E-state index >= 15 is 0 Å². The van der Waals surface area contributed by atoms with E-state index in [4.69, 9.17) is 16.0 Å². The van der Waals surface area contributed by atoms with Crippen LogP contribution >= 0.6 is 11.6 Å². The van der Waals surface area contributed by atoms with Gasteiger partial charge in [-0.05, 0) is 18.6 Å². The van der Waals surface area contributed by atoms with E-state index in [1.807, 2.05) is 13.0 Å². The minimum atomic E-state index is 0.0779. The second-order valence-corrected chi connectivity index (χ2v) is 3.89. The molecule has 3 heteroatoms. The summed E-state index contributed by atoms with van der Waals surface area (Å²) in [6.07, 6.45) is 3.81. The van der Waals surface area contributed by atoms with Crippen molar-refractivity contribution in [3.63, 3.8) is 0 Å². The van der Waals surface area contributed by atoms with Crippen LogP contribution in [0.2, 0.25) is 0 Å². The first-order valence-electron chi connectivity index (χ1n) is 4.36. The zero-order valence-corrected chi connectivity index (χ0v) is 8.27. The molecule has 2 heterocycles. The average Bonchev–Trinajstić information content (AvgIpc) is 2.52. The first-order chi connectivity index (χ1) is 6.25. The molecule has 1 aromatic heterocycles. The van der Waals surface area contributed by atoms with Crippen molar-refractivity contribution >= 4 is 17.2 Å². The zero-order chi connectivity index (χ0) is 9.26. The molecular weight excluding hydrogens is 186 g/mol. The Bertz CT molecular complexity index is 329. The lowest BCUT2D eigenvalue weighted by molar-refractivity contribution is 0.545. The number of alkyl halides is 1. The third-order valence-corrected chi connectivity index (χ3v) is 2.36. The number of furan rings is 1. The zero-order valence-electron chi connectivity index (χ0n) is 7.51. The highest BCUT2D eigenvalue weighted by Crippen LogP contribution is 2.20. The molecule has 0 saturated carbocycles. The molecule has 1 aromatic rings. The summed E-state index contributed by atoms with van der Waals surface area (Å²) in [6, 6.07) is 2.03. The molecule has 2 rings (SSSR count). The van der Waals surface area contributed by atoms with Crippen molar-refractivity contribution in [2.75, 3.05) is 13.1 Å². The maximum atomic E-state index is 5.99. The number of halogens is 1. The fraction of sp³-hybridized carbons (Fsp3) is 0.400. The molecule has 1 aliphatic rings. The Morgan fingerprint density at radius 3 is 3.08 bits per heavy atom. The second kappa shape index (κ2) is 3.56. The Balaban J connectivity index is 2.25. The van der Waals surface area contributed by atoms with Crippen LogP contribution in [-0.4, -0.2) is 18.5 Å². The van der Waals surface area contributed by atoms with Crippen molar-refractivity contribution in [3.05, 3.63) is 29.7 Å². The predicted molar refractivity (Wildman–Crippen MR) is 53.9 cm³/mol. The smallest absolute Gasteiger partial charge is 0.131 e. The lowest BCUT2D eigenvalue weighted by atomic mass is 10.1. The van der Waals surface area contributed by atoms with Crippen LogP contribution < -0.4 is 5.32 Å². The summed E-state index contributed by atoms with van der Waals surface area (Å²) in [5.74, 6) is 0.926. The van der Waals surface area contributed by atoms with Gasteiger partial charge >= 0.3 is 0 Å². The summed E-state index contributed by atoms with van der Waals surface area (Å²) in [5, 5.41) is 3.31. The highest BCUT2D eigenvalue weighted by atomic mass is 35.5. The first-order valence-corrected chi connectivity index (χ1v) is 4.80. The van der Waals surface area contributed by atoms with Gasteiger partial charge in [0.25, 0.3) is 0 Å². The Kier molecular flexibility index (Phi) is 2.42. The van der Waals surface area contributed by atoms with Gasteiger partial charge < -0.3 is 9.73 Å². The maximum Gasteiger partial charge on any atom is 0.131 e. The molecule has 1 unspecified atom stereocenters. The summed E-state index contributed by atoms with van der Waals surface area (Å²) in [7, 11) is 0. The predicted octanol–water partition coefficient (Wildman–Crippen LogP) is 2.18. The molecule has 0 aliphatic carbocycles. The molecule has 70 valence electrons. The van der Waals surface area contributed by atoms with E-state index in [2.05, 4.69) is 11.4 Å². The molecule has 0 fully saturated rings. The van der Waals surface area contributed by atoms with Crippen molar-refractivity contribution in [1.29, 1.82) is 0 Å². The quantitative estimate of drug-likeness (QED) is 0.699. The Morgan fingerprint density at radius 2 is 2.46 bits per heavy atom. The minimum absolute atomic E-state index is 0.0779. The van der Waals surface area contributed by atoms with E-state index in [1.165, 1.54) is 0 Å². The topological polar surface area (TPSA) is 25.2 Å². The molecule has 2 nitrogen and oxygen atoms in total. The van der Waals surface area contributed by atoms with Gasteiger partial charge in [-0.1, -0.05) is 6.08 Å². The van der Waals surface area contributed by atoms with Crippen LogP contribution in [0.1, 0.15) is 11.3 Å². The van der Waals surface area contributed by atoms with Crippen LogP contribution in [0.25, 0.3) is 5.57 Å². The van der Waals surface area contributed by atoms with Crippen LogP contribution in [-0.2, 0) is 0 Å². The molecule has 13 heavy (non-hydrogen) atoms. The van der Waals surface area contributed by atoms with E-state index < -0.39 is 0 Å².